The van der Waals surface area contributed by atoms with Crippen LogP contribution in [0.1, 0.15) is 17.4 Å². The van der Waals surface area contributed by atoms with E-state index in [2.05, 4.69) is 4.98 Å². The number of hydrogen-bond donors (Lipinski definition) is 2. The number of hydrogen-bond acceptors (Lipinski definition) is 3. The highest BCUT2D eigenvalue weighted by molar-refractivity contribution is 6.05. The van der Waals surface area contributed by atoms with E-state index in [4.69, 9.17) is 5.11 Å². The number of fused-ring (bicyclic) bond motifs is 1. The normalized spacial score (nSPS) is 14.9. The van der Waals surface area contributed by atoms with E-state index in [0.717, 1.165) is 5.69 Å². The van der Waals surface area contributed by atoms with E-state index < -0.39 is 5.97 Å². The van der Waals surface area contributed by atoms with Crippen LogP contribution in [0.15, 0.2) is 6.20 Å². The van der Waals surface area contributed by atoms with Crippen molar-refractivity contribution >= 4 is 23.3 Å². The summed E-state index contributed by atoms with van der Waals surface area (Å²) >= 11 is 0. The van der Waals surface area contributed by atoms with Crippen molar-refractivity contribution in [3.8, 4) is 0 Å². The van der Waals surface area contributed by atoms with Crippen LogP contribution in [0.3, 0.4) is 0 Å². The van der Waals surface area contributed by atoms with Crippen LogP contribution in [0.2, 0.25) is 0 Å². The molecule has 6 nitrogen and oxygen atoms in total. The van der Waals surface area contributed by atoms with E-state index in [0.29, 0.717) is 18.8 Å². The van der Waals surface area contributed by atoms with Gasteiger partial charge in [-0.2, -0.15) is 0 Å². The van der Waals surface area contributed by atoms with Crippen molar-refractivity contribution in [3.63, 3.8) is 0 Å². The van der Waals surface area contributed by atoms with Crippen LogP contribution >= 0.6 is 0 Å². The van der Waals surface area contributed by atoms with Gasteiger partial charge < -0.3 is 19.9 Å². The summed E-state index contributed by atoms with van der Waals surface area (Å²) in [5, 5.41) is 9.03. The van der Waals surface area contributed by atoms with E-state index in [9.17, 15) is 9.59 Å². The van der Waals surface area contributed by atoms with Crippen LogP contribution in [0.4, 0.5) is 11.4 Å². The molecule has 0 saturated carbocycles. The summed E-state index contributed by atoms with van der Waals surface area (Å²) in [7, 11) is 1.87. The third-order valence-corrected chi connectivity index (χ3v) is 2.77. The Kier molecular flexibility index (Phi) is 2.34. The minimum absolute atomic E-state index is 0.0664. The molecule has 0 radical (unpaired) electrons. The van der Waals surface area contributed by atoms with Gasteiger partial charge in [-0.25, -0.2) is 4.79 Å². The van der Waals surface area contributed by atoms with Crippen LogP contribution in [-0.4, -0.2) is 42.1 Å². The van der Waals surface area contributed by atoms with Gasteiger partial charge in [-0.15, -0.1) is 0 Å². The van der Waals surface area contributed by atoms with Crippen molar-refractivity contribution in [2.24, 2.45) is 0 Å². The topological polar surface area (TPSA) is 76.6 Å². The number of nitrogens with zero attached hydrogens (tertiary/aromatic N) is 2. The smallest absolute Gasteiger partial charge is 0.354 e. The predicted molar refractivity (Wildman–Crippen MR) is 59.0 cm³/mol. The van der Waals surface area contributed by atoms with Crippen molar-refractivity contribution in [2.75, 3.05) is 29.9 Å². The lowest BCUT2D eigenvalue weighted by molar-refractivity contribution is -0.116. The molecule has 1 amide bonds. The number of carbonyl (C=O) groups is 2. The Morgan fingerprint density at radius 3 is 2.69 bits per heavy atom. The Morgan fingerprint density at radius 1 is 1.44 bits per heavy atom. The number of carboxylic acid groups (broad SMARTS) is 1. The molecule has 0 bridgehead atoms. The number of likely N-dealkylation sites (N-methyl/N-ethyl adjacent to an activating group) is 1. The van der Waals surface area contributed by atoms with Crippen molar-refractivity contribution < 1.29 is 14.7 Å². The minimum atomic E-state index is -1.05. The summed E-state index contributed by atoms with van der Waals surface area (Å²) in [6, 6.07) is 0. The number of carboxylic acids is 1. The number of nitrogens with one attached hydrogen (secondary N) is 1. The largest absolute Gasteiger partial charge is 0.477 e. The highest BCUT2D eigenvalue weighted by Crippen LogP contribution is 2.35. The number of aromatic amines is 1. The van der Waals surface area contributed by atoms with Crippen LogP contribution in [0, 0.1) is 0 Å². The zero-order chi connectivity index (χ0) is 11.9. The summed E-state index contributed by atoms with van der Waals surface area (Å²) in [6.45, 7) is 2.65. The van der Waals surface area contributed by atoms with Gasteiger partial charge in [0.1, 0.15) is 0 Å². The van der Waals surface area contributed by atoms with E-state index in [1.165, 1.54) is 11.8 Å². The third kappa shape index (κ3) is 1.42. The maximum atomic E-state index is 11.4. The molecule has 2 heterocycles. The molecule has 2 N–H and O–H groups in total. The van der Waals surface area contributed by atoms with Gasteiger partial charge in [0.05, 0.1) is 11.4 Å². The molecular formula is C10H13N3O3. The molecule has 86 valence electrons. The fourth-order valence-corrected chi connectivity index (χ4v) is 1.93. The van der Waals surface area contributed by atoms with Gasteiger partial charge in [0.15, 0.2) is 5.69 Å². The molecule has 0 spiro atoms. The molecule has 1 aliphatic heterocycles. The number of aromatic nitrogens is 1. The third-order valence-electron chi connectivity index (χ3n) is 2.77. The van der Waals surface area contributed by atoms with Gasteiger partial charge in [0, 0.05) is 33.3 Å². The molecule has 0 fully saturated rings. The molecule has 0 aliphatic carbocycles. The summed E-state index contributed by atoms with van der Waals surface area (Å²) in [5.74, 6) is -1.20. The molecule has 0 saturated heterocycles. The zero-order valence-electron chi connectivity index (χ0n) is 9.15. The Bertz CT molecular complexity index is 452. The standard InChI is InChI=1S/C10H13N3O3/c1-6(14)13-4-3-12(2)7-5-11-8(9(7)13)10(15)16/h5,11H,3-4H2,1-2H3,(H,15,16). The highest BCUT2D eigenvalue weighted by atomic mass is 16.4. The first-order chi connectivity index (χ1) is 7.52. The number of rotatable bonds is 1. The number of carbonyl (C=O) groups excluding carboxylic acids is 1. The molecule has 1 aliphatic rings. The molecule has 1 aromatic rings. The van der Waals surface area contributed by atoms with Gasteiger partial charge in [-0.05, 0) is 0 Å². The van der Waals surface area contributed by atoms with E-state index in [-0.39, 0.29) is 11.6 Å². The quantitative estimate of drug-likeness (QED) is 0.727. The van der Waals surface area contributed by atoms with Crippen molar-refractivity contribution in [3.05, 3.63) is 11.9 Å². The molecular weight excluding hydrogens is 210 g/mol. The van der Waals surface area contributed by atoms with E-state index >= 15 is 0 Å². The van der Waals surface area contributed by atoms with Crippen molar-refractivity contribution in [1.82, 2.24) is 4.98 Å². The highest BCUT2D eigenvalue weighted by Gasteiger charge is 2.29. The van der Waals surface area contributed by atoms with Crippen LogP contribution in [-0.2, 0) is 4.79 Å². The first-order valence-electron chi connectivity index (χ1n) is 4.96. The number of aromatic carboxylic acids is 1. The van der Waals surface area contributed by atoms with Gasteiger partial charge in [0.2, 0.25) is 5.91 Å². The number of anilines is 2. The number of amides is 1. The SMILES string of the molecule is CC(=O)N1CCN(C)c2c[nH]c(C(=O)O)c21. The fourth-order valence-electron chi connectivity index (χ4n) is 1.93. The molecule has 1 aromatic heterocycles. The van der Waals surface area contributed by atoms with E-state index in [1.54, 1.807) is 6.20 Å². The molecule has 0 atom stereocenters. The predicted octanol–water partition coefficient (Wildman–Crippen LogP) is 0.516. The number of H-pyrrole nitrogens is 1. The molecule has 0 aromatic carbocycles. The average molecular weight is 223 g/mol. The van der Waals surface area contributed by atoms with Gasteiger partial charge in [-0.1, -0.05) is 0 Å². The van der Waals surface area contributed by atoms with Gasteiger partial charge in [-0.3, -0.25) is 4.79 Å². The van der Waals surface area contributed by atoms with E-state index in [1.807, 2.05) is 11.9 Å². The van der Waals surface area contributed by atoms with Crippen LogP contribution in [0.25, 0.3) is 0 Å². The fraction of sp³-hybridized carbons (Fsp3) is 0.400. The summed E-state index contributed by atoms with van der Waals surface area (Å²) in [5.41, 5.74) is 1.28. The van der Waals surface area contributed by atoms with Crippen molar-refractivity contribution in [2.45, 2.75) is 6.92 Å². The monoisotopic (exact) mass is 223 g/mol. The zero-order valence-corrected chi connectivity index (χ0v) is 9.15. The summed E-state index contributed by atoms with van der Waals surface area (Å²) in [4.78, 5) is 28.6. The summed E-state index contributed by atoms with van der Waals surface area (Å²) in [6.07, 6.45) is 1.62. The first-order valence-corrected chi connectivity index (χ1v) is 4.96. The Hall–Kier alpha value is -1.98. The lowest BCUT2D eigenvalue weighted by Gasteiger charge is -2.33. The second kappa shape index (κ2) is 3.55. The Morgan fingerprint density at radius 2 is 2.12 bits per heavy atom. The first kappa shape index (κ1) is 10.5. The van der Waals surface area contributed by atoms with Gasteiger partial charge >= 0.3 is 5.97 Å². The lowest BCUT2D eigenvalue weighted by Crippen LogP contribution is -2.41. The maximum absolute atomic E-state index is 11.4. The lowest BCUT2D eigenvalue weighted by atomic mass is 10.2. The molecule has 2 rings (SSSR count). The molecule has 6 heteroatoms. The minimum Gasteiger partial charge on any atom is -0.477 e. The Balaban J connectivity index is 2.56. The summed E-state index contributed by atoms with van der Waals surface area (Å²) < 4.78 is 0. The van der Waals surface area contributed by atoms with Crippen LogP contribution in [0.5, 0.6) is 0 Å². The Labute approximate surface area is 92.5 Å². The second-order valence-electron chi connectivity index (χ2n) is 3.79. The molecule has 0 unspecified atom stereocenters. The van der Waals surface area contributed by atoms with Crippen LogP contribution < -0.4 is 9.80 Å². The maximum Gasteiger partial charge on any atom is 0.354 e. The second-order valence-corrected chi connectivity index (χ2v) is 3.79. The van der Waals surface area contributed by atoms with Gasteiger partial charge in [0.25, 0.3) is 0 Å². The molecule has 16 heavy (non-hydrogen) atoms. The average Bonchev–Trinajstić information content (AvgIpc) is 2.62. The van der Waals surface area contributed by atoms with Crippen molar-refractivity contribution in [1.29, 1.82) is 0 Å².